The van der Waals surface area contributed by atoms with Crippen LogP contribution in [0.2, 0.25) is 0 Å². The minimum absolute atomic E-state index is 0.00725. The Labute approximate surface area is 184 Å². The minimum Gasteiger partial charge on any atom is -0.378 e. The third kappa shape index (κ3) is 5.72. The summed E-state index contributed by atoms with van der Waals surface area (Å²) in [6, 6.07) is 27.0. The largest absolute Gasteiger partial charge is 0.378 e. The van der Waals surface area contributed by atoms with Crippen molar-refractivity contribution in [2.24, 2.45) is 0 Å². The van der Waals surface area contributed by atoms with Crippen molar-refractivity contribution in [3.8, 4) is 0 Å². The number of carbonyl (C=O) groups excluding carboxylic acids is 1. The van der Waals surface area contributed by atoms with E-state index in [1.807, 2.05) is 30.3 Å². The number of nitrogens with zero attached hydrogens (tertiary/aromatic N) is 1. The van der Waals surface area contributed by atoms with Crippen LogP contribution in [0.1, 0.15) is 22.7 Å². The number of benzene rings is 3. The van der Waals surface area contributed by atoms with Crippen molar-refractivity contribution in [1.29, 1.82) is 0 Å². The topological polar surface area (TPSA) is 58.2 Å². The Kier molecular flexibility index (Phi) is 6.97. The van der Waals surface area contributed by atoms with Gasteiger partial charge in [0.2, 0.25) is 0 Å². The number of ether oxygens (including phenoxy) is 1. The Morgan fingerprint density at radius 2 is 1.58 bits per heavy atom. The molecule has 1 aliphatic rings. The van der Waals surface area contributed by atoms with Crippen molar-refractivity contribution < 1.29 is 14.8 Å². The van der Waals surface area contributed by atoms with Crippen molar-refractivity contribution in [1.82, 2.24) is 0 Å². The van der Waals surface area contributed by atoms with E-state index in [9.17, 15) is 4.79 Å². The number of quaternary nitrogens is 1. The molecule has 1 aliphatic heterocycles. The highest BCUT2D eigenvalue weighted by Crippen LogP contribution is 2.20. The number of hydrogen-bond acceptors (Lipinski definition) is 3. The molecule has 160 valence electrons. The third-order valence-corrected chi connectivity index (χ3v) is 5.66. The standard InChI is InChI=1S/C26H29N3O2/c1-20-7-9-22(10-8-20)26(21-5-3-2-4-6-21)27-19-25(30)28-23-11-13-24(14-12-23)29-15-17-31-18-16-29/h2-14,26-27H,15-19H2,1H3,(H,28,30)/p+1/t26-/m0/s1. The van der Waals surface area contributed by atoms with Gasteiger partial charge >= 0.3 is 0 Å². The molecule has 31 heavy (non-hydrogen) atoms. The van der Waals surface area contributed by atoms with Gasteiger partial charge in [-0.05, 0) is 31.2 Å². The molecule has 4 rings (SSSR count). The fourth-order valence-electron chi connectivity index (χ4n) is 3.91. The summed E-state index contributed by atoms with van der Waals surface area (Å²) < 4.78 is 5.41. The normalized spacial score (nSPS) is 14.8. The highest BCUT2D eigenvalue weighted by atomic mass is 16.5. The molecule has 5 heteroatoms. The van der Waals surface area contributed by atoms with Crippen molar-refractivity contribution in [2.45, 2.75) is 13.0 Å². The summed E-state index contributed by atoms with van der Waals surface area (Å²) in [5.41, 5.74) is 5.60. The molecule has 1 heterocycles. The second-order valence-electron chi connectivity index (χ2n) is 7.93. The van der Waals surface area contributed by atoms with Gasteiger partial charge in [0.25, 0.3) is 5.91 Å². The van der Waals surface area contributed by atoms with Crippen molar-refractivity contribution in [2.75, 3.05) is 43.1 Å². The number of carbonyl (C=O) groups is 1. The Balaban J connectivity index is 1.38. The van der Waals surface area contributed by atoms with Crippen LogP contribution in [0.4, 0.5) is 11.4 Å². The molecule has 1 saturated heterocycles. The van der Waals surface area contributed by atoms with Crippen LogP contribution in [0.3, 0.4) is 0 Å². The number of aryl methyl sites for hydroxylation is 1. The predicted molar refractivity (Wildman–Crippen MR) is 124 cm³/mol. The molecule has 3 N–H and O–H groups in total. The molecule has 0 spiro atoms. The Bertz CT molecular complexity index is 966. The molecular weight excluding hydrogens is 386 g/mol. The molecule has 0 radical (unpaired) electrons. The SMILES string of the molecule is Cc1ccc([C@@H]([NH2+]CC(=O)Nc2ccc(N3CCOCC3)cc2)c2ccccc2)cc1. The van der Waals surface area contributed by atoms with Crippen molar-refractivity contribution in [3.05, 3.63) is 95.6 Å². The highest BCUT2D eigenvalue weighted by Gasteiger charge is 2.19. The number of amides is 1. The van der Waals surface area contributed by atoms with E-state index in [0.717, 1.165) is 37.7 Å². The molecule has 0 unspecified atom stereocenters. The van der Waals surface area contributed by atoms with E-state index < -0.39 is 0 Å². The summed E-state index contributed by atoms with van der Waals surface area (Å²) in [5.74, 6) is -0.00725. The first kappa shape index (κ1) is 21.1. The fraction of sp³-hybridized carbons (Fsp3) is 0.269. The molecule has 0 aromatic heterocycles. The van der Waals surface area contributed by atoms with Crippen molar-refractivity contribution >= 4 is 17.3 Å². The Morgan fingerprint density at radius 1 is 0.935 bits per heavy atom. The first-order valence-corrected chi connectivity index (χ1v) is 10.9. The first-order chi connectivity index (χ1) is 15.2. The van der Waals surface area contributed by atoms with Crippen LogP contribution >= 0.6 is 0 Å². The van der Waals surface area contributed by atoms with E-state index in [1.165, 1.54) is 16.7 Å². The summed E-state index contributed by atoms with van der Waals surface area (Å²) >= 11 is 0. The number of nitrogens with two attached hydrogens (primary N) is 1. The molecule has 0 bridgehead atoms. The summed E-state index contributed by atoms with van der Waals surface area (Å²) in [6.07, 6.45) is 0. The monoisotopic (exact) mass is 416 g/mol. The van der Waals surface area contributed by atoms with E-state index in [4.69, 9.17) is 4.74 Å². The van der Waals surface area contributed by atoms with Gasteiger partial charge in [-0.1, -0.05) is 60.2 Å². The zero-order valence-electron chi connectivity index (χ0n) is 18.0. The van der Waals surface area contributed by atoms with Crippen LogP contribution in [0.15, 0.2) is 78.9 Å². The molecular formula is C26H30N3O2+. The van der Waals surface area contributed by atoms with Crippen molar-refractivity contribution in [3.63, 3.8) is 0 Å². The lowest BCUT2D eigenvalue weighted by molar-refractivity contribution is -0.676. The second kappa shape index (κ2) is 10.2. The Morgan fingerprint density at radius 3 is 2.26 bits per heavy atom. The second-order valence-corrected chi connectivity index (χ2v) is 7.93. The smallest absolute Gasteiger partial charge is 0.279 e. The quantitative estimate of drug-likeness (QED) is 0.622. The number of morpholine rings is 1. The van der Waals surface area contributed by atoms with Gasteiger partial charge in [0.05, 0.1) is 13.2 Å². The highest BCUT2D eigenvalue weighted by molar-refractivity contribution is 5.91. The summed E-state index contributed by atoms with van der Waals surface area (Å²) in [4.78, 5) is 15.0. The zero-order chi connectivity index (χ0) is 21.5. The number of nitrogens with one attached hydrogen (secondary N) is 1. The maximum atomic E-state index is 12.7. The lowest BCUT2D eigenvalue weighted by Crippen LogP contribution is -2.87. The summed E-state index contributed by atoms with van der Waals surface area (Å²) in [5, 5.41) is 5.12. The van der Waals surface area contributed by atoms with Gasteiger partial charge in [-0.15, -0.1) is 0 Å². The molecule has 1 atom stereocenters. The van der Waals surface area contributed by atoms with Crippen LogP contribution in [0.5, 0.6) is 0 Å². The molecule has 0 aliphatic carbocycles. The minimum atomic E-state index is -0.00725. The number of rotatable bonds is 7. The summed E-state index contributed by atoms with van der Waals surface area (Å²) in [6.45, 7) is 5.76. The van der Waals surface area contributed by atoms with Crippen LogP contribution in [0, 0.1) is 6.92 Å². The van der Waals surface area contributed by atoms with Gasteiger partial charge < -0.3 is 20.3 Å². The fourth-order valence-corrected chi connectivity index (χ4v) is 3.91. The van der Waals surface area contributed by atoms with Crippen LogP contribution < -0.4 is 15.5 Å². The van der Waals surface area contributed by atoms with Gasteiger partial charge in [-0.25, -0.2) is 0 Å². The van der Waals surface area contributed by atoms with Gasteiger partial charge in [-0.3, -0.25) is 4.79 Å². The van der Waals surface area contributed by atoms with Gasteiger partial charge in [0, 0.05) is 35.6 Å². The Hall–Kier alpha value is -3.15. The predicted octanol–water partition coefficient (Wildman–Crippen LogP) is 3.12. The lowest BCUT2D eigenvalue weighted by Gasteiger charge is -2.28. The molecule has 1 amide bonds. The molecule has 0 saturated carbocycles. The van der Waals surface area contributed by atoms with E-state index in [1.54, 1.807) is 0 Å². The number of hydrogen-bond donors (Lipinski definition) is 2. The van der Waals surface area contributed by atoms with E-state index in [0.29, 0.717) is 6.54 Å². The third-order valence-electron chi connectivity index (χ3n) is 5.66. The lowest BCUT2D eigenvalue weighted by atomic mass is 9.98. The average Bonchev–Trinajstić information content (AvgIpc) is 2.82. The van der Waals surface area contributed by atoms with Gasteiger partial charge in [0.15, 0.2) is 6.54 Å². The van der Waals surface area contributed by atoms with E-state index in [-0.39, 0.29) is 11.9 Å². The van der Waals surface area contributed by atoms with Crippen LogP contribution in [0.25, 0.3) is 0 Å². The van der Waals surface area contributed by atoms with Crippen LogP contribution in [-0.2, 0) is 9.53 Å². The summed E-state index contributed by atoms with van der Waals surface area (Å²) in [7, 11) is 0. The first-order valence-electron chi connectivity index (χ1n) is 10.9. The average molecular weight is 417 g/mol. The molecule has 3 aromatic carbocycles. The van der Waals surface area contributed by atoms with E-state index in [2.05, 4.69) is 71.0 Å². The maximum Gasteiger partial charge on any atom is 0.279 e. The molecule has 1 fully saturated rings. The molecule has 3 aromatic rings. The van der Waals surface area contributed by atoms with E-state index >= 15 is 0 Å². The maximum absolute atomic E-state index is 12.7. The molecule has 5 nitrogen and oxygen atoms in total. The van der Waals surface area contributed by atoms with Gasteiger partial charge in [-0.2, -0.15) is 0 Å². The number of anilines is 2. The van der Waals surface area contributed by atoms with Gasteiger partial charge in [0.1, 0.15) is 6.04 Å². The zero-order valence-corrected chi connectivity index (χ0v) is 18.0. The van der Waals surface area contributed by atoms with Crippen LogP contribution in [-0.4, -0.2) is 38.8 Å².